The number of likely N-dealkylation sites (N-methyl/N-ethyl adjacent to an activating group) is 1. The van der Waals surface area contributed by atoms with E-state index in [0.717, 1.165) is 11.3 Å². The summed E-state index contributed by atoms with van der Waals surface area (Å²) in [6, 6.07) is 7.57. The molecule has 0 aromatic heterocycles. The predicted molar refractivity (Wildman–Crippen MR) is 54.3 cm³/mol. The van der Waals surface area contributed by atoms with Crippen LogP contribution in [-0.2, 0) is 15.1 Å². The molecule has 2 aliphatic rings. The molecule has 2 amide bonds. The zero-order chi connectivity index (χ0) is 10.6. The van der Waals surface area contributed by atoms with Crippen LogP contribution in [0.4, 0.5) is 5.69 Å². The third-order valence-corrected chi connectivity index (χ3v) is 3.17. The number of amides is 2. The van der Waals surface area contributed by atoms with E-state index in [-0.39, 0.29) is 18.2 Å². The van der Waals surface area contributed by atoms with Gasteiger partial charge in [-0.2, -0.15) is 0 Å². The molecule has 0 aliphatic carbocycles. The molecule has 0 bridgehead atoms. The number of nitrogens with one attached hydrogen (secondary N) is 1. The minimum Gasteiger partial charge on any atom is -0.337 e. The van der Waals surface area contributed by atoms with E-state index < -0.39 is 5.54 Å². The topological polar surface area (TPSA) is 49.4 Å². The van der Waals surface area contributed by atoms with Crippen molar-refractivity contribution in [1.82, 2.24) is 5.32 Å². The van der Waals surface area contributed by atoms with Crippen LogP contribution in [0.25, 0.3) is 0 Å². The van der Waals surface area contributed by atoms with Gasteiger partial charge in [0.2, 0.25) is 5.91 Å². The van der Waals surface area contributed by atoms with Gasteiger partial charge >= 0.3 is 0 Å². The van der Waals surface area contributed by atoms with Gasteiger partial charge in [0.15, 0.2) is 5.54 Å². The monoisotopic (exact) mass is 202 g/mol. The first-order chi connectivity index (χ1) is 7.15. The Bertz CT molecular complexity index is 473. The van der Waals surface area contributed by atoms with Crippen molar-refractivity contribution >= 4 is 17.5 Å². The summed E-state index contributed by atoms with van der Waals surface area (Å²) in [4.78, 5) is 24.7. The first-order valence-corrected chi connectivity index (χ1v) is 4.84. The molecule has 1 aromatic carbocycles. The maximum atomic E-state index is 12.0. The SMILES string of the molecule is CN1C(=O)C2(CC(=O)N2)c2ccccc21. The molecule has 1 saturated heterocycles. The van der Waals surface area contributed by atoms with Gasteiger partial charge in [-0.1, -0.05) is 18.2 Å². The quantitative estimate of drug-likeness (QED) is 0.618. The van der Waals surface area contributed by atoms with Crippen molar-refractivity contribution in [3.05, 3.63) is 29.8 Å². The van der Waals surface area contributed by atoms with Crippen LogP contribution < -0.4 is 10.2 Å². The van der Waals surface area contributed by atoms with Gasteiger partial charge in [-0.15, -0.1) is 0 Å². The Morgan fingerprint density at radius 3 is 2.67 bits per heavy atom. The summed E-state index contributed by atoms with van der Waals surface area (Å²) in [5.74, 6) is -0.100. The number of carbonyl (C=O) groups is 2. The summed E-state index contributed by atoms with van der Waals surface area (Å²) in [5, 5.41) is 2.72. The van der Waals surface area contributed by atoms with Crippen molar-refractivity contribution in [3.8, 4) is 0 Å². The highest BCUT2D eigenvalue weighted by Gasteiger charge is 2.57. The standard InChI is InChI=1S/C11H10N2O2/c1-13-8-5-3-2-4-7(8)11(10(13)15)6-9(14)12-11/h2-5H,6H2,1H3,(H,12,14). The van der Waals surface area contributed by atoms with Crippen LogP contribution in [0.5, 0.6) is 0 Å². The fourth-order valence-electron chi connectivity index (χ4n) is 2.39. The van der Waals surface area contributed by atoms with Gasteiger partial charge in [0, 0.05) is 18.3 Å². The summed E-state index contributed by atoms with van der Waals surface area (Å²) in [6.45, 7) is 0. The average molecular weight is 202 g/mol. The van der Waals surface area contributed by atoms with E-state index in [1.807, 2.05) is 24.3 Å². The highest BCUT2D eigenvalue weighted by atomic mass is 16.2. The number of hydrogen-bond acceptors (Lipinski definition) is 2. The molecule has 1 fully saturated rings. The first-order valence-electron chi connectivity index (χ1n) is 4.84. The van der Waals surface area contributed by atoms with Gasteiger partial charge < -0.3 is 10.2 Å². The molecule has 1 spiro atoms. The lowest BCUT2D eigenvalue weighted by Gasteiger charge is -2.37. The van der Waals surface area contributed by atoms with Crippen LogP contribution in [0.3, 0.4) is 0 Å². The average Bonchev–Trinajstić information content (AvgIpc) is 2.42. The molecule has 2 heterocycles. The molecule has 1 aromatic rings. The second-order valence-corrected chi connectivity index (χ2v) is 4.01. The third-order valence-electron chi connectivity index (χ3n) is 3.17. The van der Waals surface area contributed by atoms with Crippen molar-refractivity contribution < 1.29 is 9.59 Å². The summed E-state index contributed by atoms with van der Waals surface area (Å²) in [7, 11) is 1.74. The maximum Gasteiger partial charge on any atom is 0.257 e. The van der Waals surface area contributed by atoms with Gasteiger partial charge in [-0.05, 0) is 6.07 Å². The van der Waals surface area contributed by atoms with E-state index in [9.17, 15) is 9.59 Å². The summed E-state index contributed by atoms with van der Waals surface area (Å²) in [5.41, 5.74) is 1.04. The fraction of sp³-hybridized carbons (Fsp3) is 0.273. The highest BCUT2D eigenvalue weighted by molar-refractivity contribution is 6.14. The number of rotatable bonds is 0. The van der Waals surface area contributed by atoms with Crippen LogP contribution in [-0.4, -0.2) is 18.9 Å². The predicted octanol–water partition coefficient (Wildman–Crippen LogP) is 0.378. The van der Waals surface area contributed by atoms with Crippen molar-refractivity contribution in [2.24, 2.45) is 0 Å². The van der Waals surface area contributed by atoms with Crippen LogP contribution in [0.15, 0.2) is 24.3 Å². The number of hydrogen-bond donors (Lipinski definition) is 1. The van der Waals surface area contributed by atoms with E-state index in [0.29, 0.717) is 0 Å². The molecular formula is C11H10N2O2. The second kappa shape index (κ2) is 2.39. The molecular weight excluding hydrogens is 192 g/mol. The molecule has 0 saturated carbocycles. The number of para-hydroxylation sites is 1. The number of carbonyl (C=O) groups excluding carboxylic acids is 2. The largest absolute Gasteiger partial charge is 0.337 e. The zero-order valence-electron chi connectivity index (χ0n) is 8.28. The second-order valence-electron chi connectivity index (χ2n) is 4.01. The number of anilines is 1. The molecule has 76 valence electrons. The molecule has 1 unspecified atom stereocenters. The number of nitrogens with zero attached hydrogens (tertiary/aromatic N) is 1. The Morgan fingerprint density at radius 1 is 1.33 bits per heavy atom. The molecule has 0 radical (unpaired) electrons. The first kappa shape index (κ1) is 8.47. The van der Waals surface area contributed by atoms with E-state index in [1.54, 1.807) is 11.9 Å². The van der Waals surface area contributed by atoms with Crippen LogP contribution in [0, 0.1) is 0 Å². The van der Waals surface area contributed by atoms with Crippen LogP contribution in [0.1, 0.15) is 12.0 Å². The van der Waals surface area contributed by atoms with Gasteiger partial charge in [-0.25, -0.2) is 0 Å². The van der Waals surface area contributed by atoms with Gasteiger partial charge in [-0.3, -0.25) is 9.59 Å². The molecule has 3 rings (SSSR count). The number of benzene rings is 1. The molecule has 1 atom stereocenters. The number of fused-ring (bicyclic) bond motifs is 2. The van der Waals surface area contributed by atoms with Gasteiger partial charge in [0.25, 0.3) is 5.91 Å². The Morgan fingerprint density at radius 2 is 2.00 bits per heavy atom. The Hall–Kier alpha value is -1.84. The van der Waals surface area contributed by atoms with Gasteiger partial charge in [0.1, 0.15) is 0 Å². The minimum atomic E-state index is -0.761. The van der Waals surface area contributed by atoms with Crippen LogP contribution in [0.2, 0.25) is 0 Å². The summed E-state index contributed by atoms with van der Waals surface area (Å²) >= 11 is 0. The van der Waals surface area contributed by atoms with Crippen molar-refractivity contribution in [2.75, 3.05) is 11.9 Å². The van der Waals surface area contributed by atoms with Crippen molar-refractivity contribution in [3.63, 3.8) is 0 Å². The fourth-order valence-corrected chi connectivity index (χ4v) is 2.39. The minimum absolute atomic E-state index is 0.0386. The third kappa shape index (κ3) is 0.819. The Balaban J connectivity index is 2.19. The van der Waals surface area contributed by atoms with Crippen molar-refractivity contribution in [2.45, 2.75) is 12.0 Å². The van der Waals surface area contributed by atoms with E-state index in [4.69, 9.17) is 0 Å². The Labute approximate surface area is 86.9 Å². The van der Waals surface area contributed by atoms with Crippen LogP contribution >= 0.6 is 0 Å². The lowest BCUT2D eigenvalue weighted by Crippen LogP contribution is -2.63. The van der Waals surface area contributed by atoms with E-state index >= 15 is 0 Å². The van der Waals surface area contributed by atoms with E-state index in [2.05, 4.69) is 5.32 Å². The zero-order valence-corrected chi connectivity index (χ0v) is 8.28. The smallest absolute Gasteiger partial charge is 0.257 e. The normalized spacial score (nSPS) is 27.7. The van der Waals surface area contributed by atoms with Gasteiger partial charge in [0.05, 0.1) is 6.42 Å². The van der Waals surface area contributed by atoms with E-state index in [1.165, 1.54) is 0 Å². The number of β-lactam (4-membered cyclic amide) rings is 1. The maximum absolute atomic E-state index is 12.0. The Kier molecular flexibility index (Phi) is 1.35. The molecule has 1 N–H and O–H groups in total. The lowest BCUT2D eigenvalue weighted by atomic mass is 9.81. The molecule has 4 heteroatoms. The molecule has 15 heavy (non-hydrogen) atoms. The lowest BCUT2D eigenvalue weighted by molar-refractivity contribution is -0.142. The summed E-state index contributed by atoms with van der Waals surface area (Å²) in [6.07, 6.45) is 0.271. The molecule has 4 nitrogen and oxygen atoms in total. The summed E-state index contributed by atoms with van der Waals surface area (Å²) < 4.78 is 0. The highest BCUT2D eigenvalue weighted by Crippen LogP contribution is 2.44. The molecule has 2 aliphatic heterocycles. The van der Waals surface area contributed by atoms with Crippen molar-refractivity contribution in [1.29, 1.82) is 0 Å².